The number of hydrogen-bond donors (Lipinski definition) is 1. The maximum atomic E-state index is 12.5. The molecule has 7 nitrogen and oxygen atoms in total. The number of piperidine rings is 1. The Morgan fingerprint density at radius 2 is 2.04 bits per heavy atom. The van der Waals surface area contributed by atoms with Gasteiger partial charge in [0.05, 0.1) is 24.2 Å². The lowest BCUT2D eigenvalue weighted by molar-refractivity contribution is -0.136. The summed E-state index contributed by atoms with van der Waals surface area (Å²) in [5, 5.41) is 4.71. The Hall–Kier alpha value is -2.61. The average molecular weight is 389 g/mol. The van der Waals surface area contributed by atoms with Crippen molar-refractivity contribution in [2.45, 2.75) is 19.4 Å². The fourth-order valence-electron chi connectivity index (χ4n) is 3.09. The fourth-order valence-corrected chi connectivity index (χ4v) is 3.80. The number of likely N-dealkylation sites (N-methyl/N-ethyl adjacent to an activating group) is 1. The number of amides is 3. The van der Waals surface area contributed by atoms with Crippen molar-refractivity contribution in [3.63, 3.8) is 0 Å². The highest BCUT2D eigenvalue weighted by Gasteiger charge is 2.28. The van der Waals surface area contributed by atoms with Crippen LogP contribution in [0.5, 0.6) is 0 Å². The number of carbonyl (C=O) groups is 3. The van der Waals surface area contributed by atoms with E-state index in [0.717, 1.165) is 5.76 Å². The minimum absolute atomic E-state index is 0.0107. The number of likely N-dealkylation sites (tertiary alicyclic amines) is 1. The van der Waals surface area contributed by atoms with Crippen molar-refractivity contribution in [3.05, 3.63) is 46.5 Å². The molecule has 2 aromatic heterocycles. The first kappa shape index (κ1) is 19.2. The molecule has 0 bridgehead atoms. The van der Waals surface area contributed by atoms with Crippen molar-refractivity contribution in [2.24, 2.45) is 5.92 Å². The lowest BCUT2D eigenvalue weighted by Crippen LogP contribution is -2.46. The Balaban J connectivity index is 1.42. The zero-order valence-electron chi connectivity index (χ0n) is 15.2. The molecule has 3 rings (SSSR count). The van der Waals surface area contributed by atoms with Crippen LogP contribution in [0.3, 0.4) is 0 Å². The molecule has 27 heavy (non-hydrogen) atoms. The van der Waals surface area contributed by atoms with E-state index in [1.165, 1.54) is 16.2 Å². The molecule has 1 fully saturated rings. The highest BCUT2D eigenvalue weighted by molar-refractivity contribution is 7.12. The molecule has 2 aromatic rings. The molecule has 0 unspecified atom stereocenters. The van der Waals surface area contributed by atoms with Gasteiger partial charge in [0.1, 0.15) is 5.76 Å². The number of hydrogen-bond acceptors (Lipinski definition) is 5. The van der Waals surface area contributed by atoms with Crippen molar-refractivity contribution >= 4 is 29.1 Å². The average Bonchev–Trinajstić information content (AvgIpc) is 3.39. The Morgan fingerprint density at radius 1 is 1.26 bits per heavy atom. The van der Waals surface area contributed by atoms with Crippen molar-refractivity contribution in [1.29, 1.82) is 0 Å². The second kappa shape index (κ2) is 8.85. The minimum atomic E-state index is -0.148. The van der Waals surface area contributed by atoms with Gasteiger partial charge in [-0.05, 0) is 36.4 Å². The number of nitrogens with zero attached hydrogens (tertiary/aromatic N) is 2. The fraction of sp³-hybridized carbons (Fsp3) is 0.421. The maximum Gasteiger partial charge on any atom is 0.264 e. The summed E-state index contributed by atoms with van der Waals surface area (Å²) in [4.78, 5) is 40.8. The largest absolute Gasteiger partial charge is 0.467 e. The van der Waals surface area contributed by atoms with E-state index in [1.54, 1.807) is 30.3 Å². The Morgan fingerprint density at radius 3 is 2.67 bits per heavy atom. The smallest absolute Gasteiger partial charge is 0.264 e. The van der Waals surface area contributed by atoms with Gasteiger partial charge in [0.15, 0.2) is 0 Å². The molecule has 1 N–H and O–H groups in total. The molecule has 1 aliphatic heterocycles. The third kappa shape index (κ3) is 4.97. The first-order chi connectivity index (χ1) is 13.0. The minimum Gasteiger partial charge on any atom is -0.467 e. The highest BCUT2D eigenvalue weighted by atomic mass is 32.1. The van der Waals surface area contributed by atoms with E-state index >= 15 is 0 Å². The van der Waals surface area contributed by atoms with Crippen LogP contribution in [0.2, 0.25) is 0 Å². The summed E-state index contributed by atoms with van der Waals surface area (Å²) in [6, 6.07) is 7.16. The summed E-state index contributed by atoms with van der Waals surface area (Å²) in [5.74, 6) is 0.370. The van der Waals surface area contributed by atoms with Crippen LogP contribution in [0.4, 0.5) is 0 Å². The molecular formula is C19H23N3O4S. The highest BCUT2D eigenvalue weighted by Crippen LogP contribution is 2.18. The summed E-state index contributed by atoms with van der Waals surface area (Å²) in [7, 11) is 1.63. The molecule has 3 heterocycles. The molecule has 0 spiro atoms. The van der Waals surface area contributed by atoms with Crippen molar-refractivity contribution in [3.8, 4) is 0 Å². The van der Waals surface area contributed by atoms with Crippen LogP contribution in [-0.4, -0.2) is 54.2 Å². The molecule has 8 heteroatoms. The van der Waals surface area contributed by atoms with Gasteiger partial charge in [-0.15, -0.1) is 11.3 Å². The van der Waals surface area contributed by atoms with Crippen molar-refractivity contribution in [1.82, 2.24) is 15.1 Å². The number of carbonyl (C=O) groups excluding carboxylic acids is 3. The third-order valence-electron chi connectivity index (χ3n) is 4.69. The van der Waals surface area contributed by atoms with E-state index in [1.807, 2.05) is 17.5 Å². The van der Waals surface area contributed by atoms with Gasteiger partial charge >= 0.3 is 0 Å². The van der Waals surface area contributed by atoms with E-state index in [0.29, 0.717) is 37.4 Å². The van der Waals surface area contributed by atoms with Crippen molar-refractivity contribution in [2.75, 3.05) is 26.7 Å². The van der Waals surface area contributed by atoms with E-state index < -0.39 is 0 Å². The Labute approximate surface area is 161 Å². The van der Waals surface area contributed by atoms with E-state index in [4.69, 9.17) is 4.42 Å². The summed E-state index contributed by atoms with van der Waals surface area (Å²) >= 11 is 1.36. The van der Waals surface area contributed by atoms with Crippen LogP contribution in [0.25, 0.3) is 0 Å². The van der Waals surface area contributed by atoms with Gasteiger partial charge < -0.3 is 19.5 Å². The molecule has 144 valence electrons. The summed E-state index contributed by atoms with van der Waals surface area (Å²) in [5.41, 5.74) is 0. The lowest BCUT2D eigenvalue weighted by atomic mass is 9.96. The number of furan rings is 1. The van der Waals surface area contributed by atoms with E-state index in [9.17, 15) is 14.4 Å². The topological polar surface area (TPSA) is 82.9 Å². The maximum absolute atomic E-state index is 12.5. The van der Waals surface area contributed by atoms with Crippen LogP contribution in [0.1, 0.15) is 28.3 Å². The van der Waals surface area contributed by atoms with Gasteiger partial charge in [-0.3, -0.25) is 14.4 Å². The van der Waals surface area contributed by atoms with Gasteiger partial charge in [0.2, 0.25) is 11.8 Å². The molecule has 0 saturated carbocycles. The quantitative estimate of drug-likeness (QED) is 0.819. The van der Waals surface area contributed by atoms with Crippen LogP contribution in [-0.2, 0) is 16.1 Å². The molecule has 0 aromatic carbocycles. The molecule has 1 aliphatic rings. The first-order valence-corrected chi connectivity index (χ1v) is 9.79. The predicted molar refractivity (Wildman–Crippen MR) is 101 cm³/mol. The summed E-state index contributed by atoms with van der Waals surface area (Å²) in [6.07, 6.45) is 2.82. The number of rotatable bonds is 6. The second-order valence-corrected chi connectivity index (χ2v) is 7.54. The third-order valence-corrected chi connectivity index (χ3v) is 5.54. The molecule has 1 saturated heterocycles. The van der Waals surface area contributed by atoms with Gasteiger partial charge in [-0.1, -0.05) is 6.07 Å². The van der Waals surface area contributed by atoms with Crippen LogP contribution in [0.15, 0.2) is 40.3 Å². The molecule has 0 radical (unpaired) electrons. The van der Waals surface area contributed by atoms with E-state index in [-0.39, 0.29) is 30.2 Å². The van der Waals surface area contributed by atoms with Crippen LogP contribution in [0, 0.1) is 5.92 Å². The van der Waals surface area contributed by atoms with Crippen molar-refractivity contribution < 1.29 is 18.8 Å². The lowest BCUT2D eigenvalue weighted by Gasteiger charge is -2.32. The van der Waals surface area contributed by atoms with Crippen LogP contribution >= 0.6 is 11.3 Å². The van der Waals surface area contributed by atoms with Gasteiger partial charge in [0.25, 0.3) is 5.91 Å². The standard InChI is InChI=1S/C19H23N3O4S/c1-21(19(25)16-5-3-11-27-16)13-17(23)22-8-6-14(7-9-22)18(24)20-12-15-4-2-10-26-15/h2-5,10-11,14H,6-9,12-13H2,1H3,(H,20,24). The van der Waals surface area contributed by atoms with Gasteiger partial charge in [0, 0.05) is 26.1 Å². The molecule has 0 atom stereocenters. The first-order valence-electron chi connectivity index (χ1n) is 8.91. The SMILES string of the molecule is CN(CC(=O)N1CCC(C(=O)NCc2ccco2)CC1)C(=O)c1cccs1. The van der Waals surface area contributed by atoms with E-state index in [2.05, 4.69) is 5.32 Å². The van der Waals surface area contributed by atoms with Gasteiger partial charge in [-0.25, -0.2) is 0 Å². The van der Waals surface area contributed by atoms with Crippen LogP contribution < -0.4 is 5.32 Å². The molecule has 0 aliphatic carbocycles. The zero-order valence-corrected chi connectivity index (χ0v) is 16.0. The molecular weight excluding hydrogens is 366 g/mol. The normalized spacial score (nSPS) is 14.8. The molecule has 3 amide bonds. The predicted octanol–water partition coefficient (Wildman–Crippen LogP) is 1.97. The monoisotopic (exact) mass is 389 g/mol. The summed E-state index contributed by atoms with van der Waals surface area (Å²) in [6.45, 7) is 1.48. The number of thiophene rings is 1. The Kier molecular flexibility index (Phi) is 6.28. The van der Waals surface area contributed by atoms with Gasteiger partial charge in [-0.2, -0.15) is 0 Å². The second-order valence-electron chi connectivity index (χ2n) is 6.59. The zero-order chi connectivity index (χ0) is 19.2. The Bertz CT molecular complexity index is 765. The summed E-state index contributed by atoms with van der Waals surface area (Å²) < 4.78 is 5.20. The number of nitrogens with one attached hydrogen (secondary N) is 1.